The van der Waals surface area contributed by atoms with Gasteiger partial charge in [-0.2, -0.15) is 0 Å². The van der Waals surface area contributed by atoms with Gasteiger partial charge in [-0.1, -0.05) is 0 Å². The molecule has 0 amide bonds. The number of carbonyl (C=O) groups is 2. The molecule has 1 atom stereocenters. The van der Waals surface area contributed by atoms with Gasteiger partial charge in [0.25, 0.3) is 0 Å². The minimum atomic E-state index is -1.26. The smallest absolute Gasteiger partial charge is 0.205 e. The second-order valence-corrected chi connectivity index (χ2v) is 4.11. The highest BCUT2D eigenvalue weighted by molar-refractivity contribution is 6.27. The summed E-state index contributed by atoms with van der Waals surface area (Å²) in [5, 5.41) is 47.3. The van der Waals surface area contributed by atoms with Crippen LogP contribution in [0.3, 0.4) is 0 Å². The molecular formula is C12H10O7. The number of allylic oxidation sites excluding steroid dienone is 1. The molecule has 1 aromatic rings. The lowest BCUT2D eigenvalue weighted by Crippen LogP contribution is -2.23. The van der Waals surface area contributed by atoms with E-state index in [2.05, 4.69) is 0 Å². The molecule has 7 heteroatoms. The van der Waals surface area contributed by atoms with Crippen LogP contribution in [0, 0.1) is 0 Å². The molecule has 0 saturated carbocycles. The Bertz CT molecular complexity index is 640. The highest BCUT2D eigenvalue weighted by atomic mass is 16.3. The molecule has 0 fully saturated rings. The topological polar surface area (TPSA) is 135 Å². The number of rotatable bonds is 1. The van der Waals surface area contributed by atoms with E-state index < -0.39 is 51.8 Å². The van der Waals surface area contributed by atoms with E-state index in [1.54, 1.807) is 0 Å². The first-order valence-corrected chi connectivity index (χ1v) is 5.25. The second kappa shape index (κ2) is 3.99. The SMILES string of the molecule is CC(O)C1=CC(=O)c2c(O)c(O)c(O)c(O)c2C1=O. The maximum absolute atomic E-state index is 12.0. The number of fused-ring (bicyclic) bond motifs is 1. The van der Waals surface area contributed by atoms with Crippen molar-refractivity contribution >= 4 is 11.6 Å². The second-order valence-electron chi connectivity index (χ2n) is 4.11. The number of benzene rings is 1. The van der Waals surface area contributed by atoms with E-state index in [9.17, 15) is 35.1 Å². The molecule has 1 aromatic carbocycles. The summed E-state index contributed by atoms with van der Waals surface area (Å²) in [6, 6.07) is 0. The molecule has 0 bridgehead atoms. The monoisotopic (exact) mass is 266 g/mol. The third kappa shape index (κ3) is 1.63. The number of phenols is 4. The minimum absolute atomic E-state index is 0.280. The van der Waals surface area contributed by atoms with Gasteiger partial charge in [-0.3, -0.25) is 9.59 Å². The Labute approximate surface area is 106 Å². The number of carbonyl (C=O) groups excluding carboxylic acids is 2. The molecule has 0 spiro atoms. The Morgan fingerprint density at radius 2 is 1.37 bits per heavy atom. The standard InChI is InChI=1S/C12H10O7/c1-3(13)4-2-5(14)6-7(8(4)15)10(17)12(19)11(18)9(6)16/h2-3,13,16-19H,1H3. The molecule has 0 aliphatic heterocycles. The Morgan fingerprint density at radius 3 is 1.84 bits per heavy atom. The third-order valence-electron chi connectivity index (χ3n) is 2.87. The van der Waals surface area contributed by atoms with Crippen LogP contribution in [0.1, 0.15) is 27.6 Å². The van der Waals surface area contributed by atoms with E-state index in [1.807, 2.05) is 0 Å². The van der Waals surface area contributed by atoms with Crippen molar-refractivity contribution in [3.05, 3.63) is 22.8 Å². The molecular weight excluding hydrogens is 256 g/mol. The molecule has 0 saturated heterocycles. The van der Waals surface area contributed by atoms with E-state index in [0.717, 1.165) is 6.08 Å². The van der Waals surface area contributed by atoms with Crippen molar-refractivity contribution in [1.29, 1.82) is 0 Å². The van der Waals surface area contributed by atoms with E-state index in [1.165, 1.54) is 6.92 Å². The summed E-state index contributed by atoms with van der Waals surface area (Å²) in [5.41, 5.74) is -1.53. The number of ketones is 2. The summed E-state index contributed by atoms with van der Waals surface area (Å²) in [6.45, 7) is 1.25. The van der Waals surface area contributed by atoms with Crippen molar-refractivity contribution in [2.24, 2.45) is 0 Å². The zero-order valence-electron chi connectivity index (χ0n) is 9.71. The third-order valence-corrected chi connectivity index (χ3v) is 2.87. The first kappa shape index (κ1) is 12.9. The summed E-state index contributed by atoms with van der Waals surface area (Å²) < 4.78 is 0. The number of hydrogen-bond donors (Lipinski definition) is 5. The van der Waals surface area contributed by atoms with Gasteiger partial charge >= 0.3 is 0 Å². The van der Waals surface area contributed by atoms with Crippen LogP contribution in [0.4, 0.5) is 0 Å². The summed E-state index contributed by atoms with van der Waals surface area (Å²) in [6.07, 6.45) is -0.451. The summed E-state index contributed by atoms with van der Waals surface area (Å²) in [5.74, 6) is -5.99. The van der Waals surface area contributed by atoms with Crippen LogP contribution >= 0.6 is 0 Å². The van der Waals surface area contributed by atoms with Crippen LogP contribution in [0.15, 0.2) is 11.6 Å². The Hall–Kier alpha value is -2.54. The maximum atomic E-state index is 12.0. The summed E-state index contributed by atoms with van der Waals surface area (Å²) in [7, 11) is 0. The molecule has 1 aliphatic rings. The van der Waals surface area contributed by atoms with Crippen molar-refractivity contribution in [3.8, 4) is 23.0 Å². The van der Waals surface area contributed by atoms with Crippen molar-refractivity contribution in [2.45, 2.75) is 13.0 Å². The van der Waals surface area contributed by atoms with Gasteiger partial charge in [0.05, 0.1) is 17.2 Å². The van der Waals surface area contributed by atoms with Crippen LogP contribution in [-0.2, 0) is 0 Å². The molecule has 1 unspecified atom stereocenters. The molecule has 2 rings (SSSR count). The van der Waals surface area contributed by atoms with Crippen molar-refractivity contribution in [1.82, 2.24) is 0 Å². The van der Waals surface area contributed by atoms with Crippen LogP contribution in [0.25, 0.3) is 0 Å². The molecule has 0 aromatic heterocycles. The van der Waals surface area contributed by atoms with Gasteiger partial charge in [-0.25, -0.2) is 0 Å². The molecule has 0 radical (unpaired) electrons. The van der Waals surface area contributed by atoms with Gasteiger partial charge in [0.15, 0.2) is 23.1 Å². The summed E-state index contributed by atoms with van der Waals surface area (Å²) >= 11 is 0. The van der Waals surface area contributed by atoms with E-state index in [4.69, 9.17) is 0 Å². The first-order valence-electron chi connectivity index (χ1n) is 5.25. The predicted molar refractivity (Wildman–Crippen MR) is 61.5 cm³/mol. The van der Waals surface area contributed by atoms with Crippen molar-refractivity contribution in [2.75, 3.05) is 0 Å². The number of hydrogen-bond acceptors (Lipinski definition) is 7. The highest BCUT2D eigenvalue weighted by Gasteiger charge is 2.36. The maximum Gasteiger partial charge on any atom is 0.205 e. The lowest BCUT2D eigenvalue weighted by Gasteiger charge is -2.19. The predicted octanol–water partition coefficient (Wildman–Crippen LogP) is 0.195. The number of Topliss-reactive ketones (excluding diaryl/α,β-unsaturated/α-hetero) is 1. The van der Waals surface area contributed by atoms with Crippen molar-refractivity contribution in [3.63, 3.8) is 0 Å². The van der Waals surface area contributed by atoms with E-state index >= 15 is 0 Å². The van der Waals surface area contributed by atoms with Crippen LogP contribution in [0.5, 0.6) is 23.0 Å². The van der Waals surface area contributed by atoms with Crippen LogP contribution < -0.4 is 0 Å². The average Bonchev–Trinajstić information content (AvgIpc) is 2.35. The molecule has 7 nitrogen and oxygen atoms in total. The van der Waals surface area contributed by atoms with Crippen LogP contribution in [-0.4, -0.2) is 43.2 Å². The lowest BCUT2D eigenvalue weighted by molar-refractivity contribution is 0.0947. The first-order chi connectivity index (χ1) is 8.77. The fourth-order valence-electron chi connectivity index (χ4n) is 1.89. The van der Waals surface area contributed by atoms with Gasteiger partial charge in [-0.05, 0) is 13.0 Å². The van der Waals surface area contributed by atoms with Gasteiger partial charge in [0.2, 0.25) is 11.5 Å². The minimum Gasteiger partial charge on any atom is -0.504 e. The number of aliphatic hydroxyl groups excluding tert-OH is 1. The highest BCUT2D eigenvalue weighted by Crippen LogP contribution is 2.49. The fraction of sp³-hybridized carbons (Fsp3) is 0.167. The van der Waals surface area contributed by atoms with Gasteiger partial charge in [0, 0.05) is 5.57 Å². The largest absolute Gasteiger partial charge is 0.504 e. The van der Waals surface area contributed by atoms with Crippen LogP contribution in [0.2, 0.25) is 0 Å². The quantitative estimate of drug-likeness (QED) is 0.361. The Kier molecular flexibility index (Phi) is 2.71. The fourth-order valence-corrected chi connectivity index (χ4v) is 1.89. The van der Waals surface area contributed by atoms with E-state index in [0.29, 0.717) is 0 Å². The van der Waals surface area contributed by atoms with Crippen molar-refractivity contribution < 1.29 is 35.1 Å². The number of aliphatic hydroxyl groups is 1. The zero-order valence-corrected chi connectivity index (χ0v) is 9.71. The molecule has 0 heterocycles. The van der Waals surface area contributed by atoms with Gasteiger partial charge in [0.1, 0.15) is 0 Å². The van der Waals surface area contributed by atoms with Gasteiger partial charge in [-0.15, -0.1) is 0 Å². The Balaban J connectivity index is 2.84. The molecule has 1 aliphatic carbocycles. The number of aromatic hydroxyl groups is 4. The Morgan fingerprint density at radius 1 is 0.895 bits per heavy atom. The lowest BCUT2D eigenvalue weighted by atomic mass is 9.85. The average molecular weight is 266 g/mol. The number of phenolic OH excluding ortho intramolecular Hbond substituents is 4. The zero-order chi connectivity index (χ0) is 14.5. The summed E-state index contributed by atoms with van der Waals surface area (Å²) in [4.78, 5) is 23.8. The molecule has 100 valence electrons. The molecule has 5 N–H and O–H groups in total. The van der Waals surface area contributed by atoms with E-state index in [-0.39, 0.29) is 5.57 Å². The normalized spacial score (nSPS) is 16.0. The molecule has 19 heavy (non-hydrogen) atoms. The van der Waals surface area contributed by atoms with Gasteiger partial charge < -0.3 is 25.5 Å².